The average Bonchev–Trinajstić information content (AvgIpc) is 3.46. The van der Waals surface area contributed by atoms with E-state index in [1.54, 1.807) is 24.1 Å². The Bertz CT molecular complexity index is 1790. The van der Waals surface area contributed by atoms with E-state index in [4.69, 9.17) is 22.3 Å². The molecule has 0 saturated heterocycles. The summed E-state index contributed by atoms with van der Waals surface area (Å²) in [5, 5.41) is 7.97. The zero-order valence-corrected chi connectivity index (χ0v) is 26.1. The van der Waals surface area contributed by atoms with Crippen LogP contribution in [0.2, 0.25) is 5.02 Å². The summed E-state index contributed by atoms with van der Waals surface area (Å²) in [5.41, 5.74) is 11.1. The van der Waals surface area contributed by atoms with Gasteiger partial charge in [-0.15, -0.1) is 0 Å². The van der Waals surface area contributed by atoms with Crippen molar-refractivity contribution in [1.29, 1.82) is 0 Å². The predicted octanol–water partition coefficient (Wildman–Crippen LogP) is 5.22. The number of carbonyl (C=O) groups excluding carboxylic acids is 1. The number of amides is 1. The lowest BCUT2D eigenvalue weighted by molar-refractivity contribution is -0.123. The van der Waals surface area contributed by atoms with E-state index >= 15 is 0 Å². The molecule has 3 aromatic heterocycles. The summed E-state index contributed by atoms with van der Waals surface area (Å²) in [5.74, 6) is 0.0513. The summed E-state index contributed by atoms with van der Waals surface area (Å²) in [4.78, 5) is 40.5. The van der Waals surface area contributed by atoms with Crippen LogP contribution >= 0.6 is 11.6 Å². The lowest BCUT2D eigenvalue weighted by Crippen LogP contribution is -2.33. The minimum Gasteiger partial charge on any atom is -0.403 e. The van der Waals surface area contributed by atoms with Crippen molar-refractivity contribution in [2.45, 2.75) is 52.6 Å². The number of aromatic nitrogens is 5. The molecule has 0 radical (unpaired) electrons. The van der Waals surface area contributed by atoms with E-state index in [1.807, 2.05) is 54.3 Å². The molecule has 4 aromatic rings. The third-order valence-electron chi connectivity index (χ3n) is 7.79. The van der Waals surface area contributed by atoms with Gasteiger partial charge in [-0.2, -0.15) is 5.10 Å². The summed E-state index contributed by atoms with van der Waals surface area (Å²) in [6.45, 7) is 6.96. The van der Waals surface area contributed by atoms with Crippen LogP contribution in [0, 0.1) is 11.8 Å². The summed E-state index contributed by atoms with van der Waals surface area (Å²) in [6, 6.07) is 10.4. The topological polar surface area (TPSA) is 133 Å². The number of carbonyl (C=O) groups is 1. The molecular formula is C33H37ClN8O2. The molecule has 3 N–H and O–H groups in total. The van der Waals surface area contributed by atoms with E-state index in [2.05, 4.69) is 34.2 Å². The molecular weight excluding hydrogens is 576 g/mol. The number of aliphatic imine (C=N–C) groups is 1. The van der Waals surface area contributed by atoms with Crippen molar-refractivity contribution in [3.63, 3.8) is 0 Å². The summed E-state index contributed by atoms with van der Waals surface area (Å²) in [6.07, 6.45) is 10.3. The number of fused-ring (bicyclic) bond motifs is 2. The summed E-state index contributed by atoms with van der Waals surface area (Å²) < 4.78 is 3.53. The van der Waals surface area contributed by atoms with E-state index in [-0.39, 0.29) is 17.4 Å². The first-order chi connectivity index (χ1) is 21.2. The number of hydrogen-bond acceptors (Lipinski definition) is 7. The van der Waals surface area contributed by atoms with Crippen LogP contribution in [-0.2, 0) is 11.3 Å². The number of nitrogens with zero attached hydrogens (tertiary/aromatic N) is 6. The highest BCUT2D eigenvalue weighted by atomic mass is 35.5. The van der Waals surface area contributed by atoms with Gasteiger partial charge in [0.2, 0.25) is 5.91 Å². The molecule has 2 atom stereocenters. The maximum atomic E-state index is 13.8. The van der Waals surface area contributed by atoms with Crippen molar-refractivity contribution in [3.8, 4) is 22.4 Å². The van der Waals surface area contributed by atoms with Gasteiger partial charge >= 0.3 is 0 Å². The number of nitrogens with one attached hydrogen (secondary N) is 1. The molecule has 1 aliphatic heterocycles. The number of benzene rings is 1. The van der Waals surface area contributed by atoms with Crippen molar-refractivity contribution >= 4 is 23.2 Å². The quantitative estimate of drug-likeness (QED) is 0.317. The molecule has 11 heteroatoms. The number of nitrogens with two attached hydrogens (primary N) is 1. The Morgan fingerprint density at radius 1 is 1.11 bits per heavy atom. The Hall–Kier alpha value is -4.57. The Morgan fingerprint density at radius 2 is 1.93 bits per heavy atom. The highest BCUT2D eigenvalue weighted by Crippen LogP contribution is 2.33. The number of hydrogen-bond donors (Lipinski definition) is 2. The lowest BCUT2D eigenvalue weighted by atomic mass is 9.96. The van der Waals surface area contributed by atoms with Gasteiger partial charge in [-0.1, -0.05) is 44.9 Å². The van der Waals surface area contributed by atoms with Crippen LogP contribution in [0.15, 0.2) is 83.0 Å². The molecule has 0 fully saturated rings. The van der Waals surface area contributed by atoms with Crippen LogP contribution in [0.1, 0.15) is 57.3 Å². The van der Waals surface area contributed by atoms with E-state index in [1.165, 1.54) is 12.3 Å². The molecule has 10 nitrogen and oxygen atoms in total. The molecule has 0 spiro atoms. The first kappa shape index (κ1) is 30.9. The fraction of sp³-hybridized carbons (Fsp3) is 0.333. The normalized spacial score (nSPS) is 19.5. The molecule has 1 aromatic carbocycles. The zero-order valence-electron chi connectivity index (χ0n) is 25.4. The molecule has 0 aliphatic carbocycles. The number of allylic oxidation sites excluding steroid dienone is 1. The minimum atomic E-state index is -0.407. The van der Waals surface area contributed by atoms with E-state index in [0.29, 0.717) is 53.0 Å². The second-order valence-electron chi connectivity index (χ2n) is 11.5. The van der Waals surface area contributed by atoms with Gasteiger partial charge in [-0.25, -0.2) is 4.98 Å². The highest BCUT2D eigenvalue weighted by Gasteiger charge is 2.24. The standard InChI is InChI=1S/C33H37ClN8O2/c1-20(2)17-41-18-23(16-39-41)25-9-8-24(34)13-26(25)27-14-31(43)42(19-38-27)30-7-5-6-21(3)33(44)40-29(15-35)32(36-4)22-10-11-37-28(30)12-22/h8-16,18-21,30H,5-7,17,35H2,1-4H3,(H,40,44). The zero-order chi connectivity index (χ0) is 31.4. The Kier molecular flexibility index (Phi) is 9.39. The van der Waals surface area contributed by atoms with Crippen LogP contribution in [0.3, 0.4) is 0 Å². The van der Waals surface area contributed by atoms with Gasteiger partial charge in [0.1, 0.15) is 0 Å². The molecule has 2 bridgehead atoms. The number of pyridine rings is 1. The first-order valence-electron chi connectivity index (χ1n) is 14.8. The highest BCUT2D eigenvalue weighted by molar-refractivity contribution is 6.31. The predicted molar refractivity (Wildman–Crippen MR) is 173 cm³/mol. The molecule has 2 unspecified atom stereocenters. The van der Waals surface area contributed by atoms with Gasteiger partial charge in [0.05, 0.1) is 41.4 Å². The molecule has 1 amide bonds. The summed E-state index contributed by atoms with van der Waals surface area (Å²) >= 11 is 6.42. The minimum absolute atomic E-state index is 0.135. The van der Waals surface area contributed by atoms with E-state index in [9.17, 15) is 9.59 Å². The van der Waals surface area contributed by atoms with E-state index in [0.717, 1.165) is 28.8 Å². The maximum absolute atomic E-state index is 13.8. The fourth-order valence-electron chi connectivity index (χ4n) is 5.54. The number of halogens is 1. The maximum Gasteiger partial charge on any atom is 0.254 e. The molecule has 0 saturated carbocycles. The van der Waals surface area contributed by atoms with Crippen molar-refractivity contribution in [3.05, 3.63) is 99.8 Å². The average molecular weight is 613 g/mol. The Balaban J connectivity index is 1.56. The van der Waals surface area contributed by atoms with Gasteiger partial charge in [-0.05, 0) is 48.6 Å². The van der Waals surface area contributed by atoms with Crippen molar-refractivity contribution in [2.24, 2.45) is 22.6 Å². The number of rotatable bonds is 5. The van der Waals surface area contributed by atoms with Crippen LogP contribution in [-0.4, -0.2) is 43.0 Å². The largest absolute Gasteiger partial charge is 0.403 e. The van der Waals surface area contributed by atoms with Gasteiger partial charge < -0.3 is 11.1 Å². The second kappa shape index (κ2) is 13.4. The van der Waals surface area contributed by atoms with Gasteiger partial charge in [0.15, 0.2) is 0 Å². The Morgan fingerprint density at radius 3 is 2.66 bits per heavy atom. The monoisotopic (exact) mass is 612 g/mol. The third kappa shape index (κ3) is 6.65. The molecule has 228 valence electrons. The smallest absolute Gasteiger partial charge is 0.254 e. The molecule has 5 rings (SSSR count). The molecule has 44 heavy (non-hydrogen) atoms. The van der Waals surface area contributed by atoms with Crippen molar-refractivity contribution in [1.82, 2.24) is 29.6 Å². The van der Waals surface area contributed by atoms with Crippen molar-refractivity contribution < 1.29 is 4.79 Å². The lowest BCUT2D eigenvalue weighted by Gasteiger charge is -2.23. The first-order valence-corrected chi connectivity index (χ1v) is 15.1. The second-order valence-corrected chi connectivity index (χ2v) is 11.9. The van der Waals surface area contributed by atoms with Gasteiger partial charge in [-0.3, -0.25) is 28.8 Å². The van der Waals surface area contributed by atoms with Gasteiger partial charge in [0.25, 0.3) is 5.56 Å². The Labute approximate surface area is 261 Å². The summed E-state index contributed by atoms with van der Waals surface area (Å²) in [7, 11) is 1.64. The van der Waals surface area contributed by atoms with Gasteiger partial charge in [0, 0.05) is 65.9 Å². The van der Waals surface area contributed by atoms with Crippen LogP contribution in [0.4, 0.5) is 0 Å². The fourth-order valence-corrected chi connectivity index (χ4v) is 5.72. The SMILES string of the molecule is CN=C1C(=CN)NC(=O)C(C)CCCC(n2cnc(-c3cc(Cl)ccc3-c3cnn(CC(C)C)c3)cc2=O)c2cc1ccn2. The van der Waals surface area contributed by atoms with Crippen LogP contribution in [0.5, 0.6) is 0 Å². The van der Waals surface area contributed by atoms with Crippen LogP contribution in [0.25, 0.3) is 22.4 Å². The molecule has 4 heterocycles. The van der Waals surface area contributed by atoms with Crippen molar-refractivity contribution in [2.75, 3.05) is 7.05 Å². The van der Waals surface area contributed by atoms with Crippen LogP contribution < -0.4 is 16.6 Å². The third-order valence-corrected chi connectivity index (χ3v) is 8.02. The van der Waals surface area contributed by atoms with E-state index < -0.39 is 6.04 Å². The molecule has 1 aliphatic rings.